The maximum atomic E-state index is 5.69. The van der Waals surface area contributed by atoms with E-state index >= 15 is 0 Å². The largest absolute Gasteiger partial charge is 0.377 e. The van der Waals surface area contributed by atoms with Gasteiger partial charge >= 0.3 is 0 Å². The lowest BCUT2D eigenvalue weighted by Gasteiger charge is -2.36. The third-order valence-corrected chi connectivity index (χ3v) is 3.79. The predicted molar refractivity (Wildman–Crippen MR) is 85.4 cm³/mol. The third-order valence-electron chi connectivity index (χ3n) is 3.79. The second-order valence-corrected chi connectivity index (χ2v) is 5.76. The first-order valence-electron chi connectivity index (χ1n) is 7.91. The zero-order valence-corrected chi connectivity index (χ0v) is 13.1. The van der Waals surface area contributed by atoms with Crippen LogP contribution in [-0.4, -0.2) is 32.3 Å². The summed E-state index contributed by atoms with van der Waals surface area (Å²) in [5, 5.41) is 3.66. The highest BCUT2D eigenvalue weighted by Gasteiger charge is 2.23. The van der Waals surface area contributed by atoms with Gasteiger partial charge in [0.1, 0.15) is 0 Å². The molecule has 20 heavy (non-hydrogen) atoms. The van der Waals surface area contributed by atoms with Gasteiger partial charge in [-0.25, -0.2) is 0 Å². The maximum absolute atomic E-state index is 5.69. The molecule has 0 bridgehead atoms. The van der Waals surface area contributed by atoms with Crippen molar-refractivity contribution in [1.82, 2.24) is 5.32 Å². The zero-order chi connectivity index (χ0) is 14.4. The fourth-order valence-electron chi connectivity index (χ4n) is 2.79. The molecule has 0 saturated heterocycles. The van der Waals surface area contributed by atoms with Crippen molar-refractivity contribution in [3.05, 3.63) is 29.8 Å². The number of rotatable bonds is 7. The minimum Gasteiger partial charge on any atom is -0.377 e. The van der Waals surface area contributed by atoms with Crippen LogP contribution in [0.2, 0.25) is 0 Å². The van der Waals surface area contributed by atoms with Crippen molar-refractivity contribution < 1.29 is 4.74 Å². The summed E-state index contributed by atoms with van der Waals surface area (Å²) in [7, 11) is 0. The van der Waals surface area contributed by atoms with Crippen LogP contribution >= 0.6 is 0 Å². The Bertz CT molecular complexity index is 406. The van der Waals surface area contributed by atoms with E-state index in [2.05, 4.69) is 55.3 Å². The van der Waals surface area contributed by atoms with Gasteiger partial charge in [0.2, 0.25) is 0 Å². The van der Waals surface area contributed by atoms with Crippen molar-refractivity contribution in [3.8, 4) is 0 Å². The van der Waals surface area contributed by atoms with Gasteiger partial charge in [-0.1, -0.05) is 25.1 Å². The Hall–Kier alpha value is -1.06. The van der Waals surface area contributed by atoms with E-state index in [4.69, 9.17) is 4.74 Å². The highest BCUT2D eigenvalue weighted by atomic mass is 16.5. The average Bonchev–Trinajstić information content (AvgIpc) is 2.46. The Morgan fingerprint density at radius 3 is 2.90 bits per heavy atom. The van der Waals surface area contributed by atoms with Gasteiger partial charge in [0.25, 0.3) is 0 Å². The van der Waals surface area contributed by atoms with Crippen LogP contribution in [0, 0.1) is 0 Å². The van der Waals surface area contributed by atoms with Gasteiger partial charge in [0.15, 0.2) is 0 Å². The fourth-order valence-corrected chi connectivity index (χ4v) is 2.79. The zero-order valence-electron chi connectivity index (χ0n) is 13.1. The fraction of sp³-hybridized carbons (Fsp3) is 0.647. The van der Waals surface area contributed by atoms with Crippen molar-refractivity contribution >= 4 is 5.69 Å². The highest BCUT2D eigenvalue weighted by Crippen LogP contribution is 2.33. The Kier molecular flexibility index (Phi) is 5.86. The van der Waals surface area contributed by atoms with E-state index < -0.39 is 0 Å². The van der Waals surface area contributed by atoms with E-state index in [0.717, 1.165) is 26.2 Å². The van der Waals surface area contributed by atoms with Crippen LogP contribution in [-0.2, 0) is 4.74 Å². The lowest BCUT2D eigenvalue weighted by molar-refractivity contribution is 0.0838. The molecule has 3 heteroatoms. The Balaban J connectivity index is 2.02. The number of fused-ring (bicyclic) bond motifs is 1. The summed E-state index contributed by atoms with van der Waals surface area (Å²) in [6.45, 7) is 10.4. The monoisotopic (exact) mass is 276 g/mol. The molecule has 1 aromatic rings. The van der Waals surface area contributed by atoms with Crippen molar-refractivity contribution in [2.75, 3.05) is 31.1 Å². The molecular formula is C17H28N2O. The van der Waals surface area contributed by atoms with E-state index in [1.807, 2.05) is 0 Å². The molecule has 2 rings (SSSR count). The molecule has 0 aromatic heterocycles. The summed E-state index contributed by atoms with van der Waals surface area (Å²) in [6.07, 6.45) is 2.68. The molecule has 1 heterocycles. The first-order chi connectivity index (χ1) is 9.72. The number of nitrogens with one attached hydrogen (secondary N) is 1. The van der Waals surface area contributed by atoms with E-state index in [0.29, 0.717) is 12.1 Å². The van der Waals surface area contributed by atoms with Crippen molar-refractivity contribution in [1.29, 1.82) is 0 Å². The van der Waals surface area contributed by atoms with E-state index in [1.54, 1.807) is 0 Å². The van der Waals surface area contributed by atoms with Gasteiger partial charge in [-0.05, 0) is 44.9 Å². The van der Waals surface area contributed by atoms with Crippen LogP contribution in [0.1, 0.15) is 45.2 Å². The minimum atomic E-state index is 0.314. The number of anilines is 1. The quantitative estimate of drug-likeness (QED) is 0.826. The average molecular weight is 276 g/mol. The summed E-state index contributed by atoms with van der Waals surface area (Å²) in [6, 6.07) is 9.29. The number of hydrogen-bond donors (Lipinski definition) is 1. The summed E-state index contributed by atoms with van der Waals surface area (Å²) in [4.78, 5) is 2.46. The van der Waals surface area contributed by atoms with Gasteiger partial charge < -0.3 is 15.0 Å². The molecule has 1 aliphatic rings. The second-order valence-electron chi connectivity index (χ2n) is 5.76. The molecule has 0 saturated carbocycles. The molecule has 1 unspecified atom stereocenters. The van der Waals surface area contributed by atoms with E-state index in [1.165, 1.54) is 24.1 Å². The van der Waals surface area contributed by atoms with Gasteiger partial charge in [0.05, 0.1) is 12.7 Å². The maximum Gasteiger partial charge on any atom is 0.0645 e. The van der Waals surface area contributed by atoms with Crippen LogP contribution in [0.3, 0.4) is 0 Å². The number of benzene rings is 1. The molecule has 0 radical (unpaired) electrons. The van der Waals surface area contributed by atoms with Crippen LogP contribution in [0.4, 0.5) is 5.69 Å². The number of ether oxygens (including phenoxy) is 1. The van der Waals surface area contributed by atoms with Crippen LogP contribution in [0.25, 0.3) is 0 Å². The summed E-state index contributed by atoms with van der Waals surface area (Å²) < 4.78 is 5.69. The number of hydrogen-bond acceptors (Lipinski definition) is 3. The minimum absolute atomic E-state index is 0.314. The van der Waals surface area contributed by atoms with Crippen molar-refractivity contribution in [2.45, 2.75) is 45.8 Å². The third kappa shape index (κ3) is 3.97. The number of nitrogens with zero attached hydrogens (tertiary/aromatic N) is 1. The molecule has 0 aliphatic carbocycles. The van der Waals surface area contributed by atoms with Crippen LogP contribution in [0.5, 0.6) is 0 Å². The first kappa shape index (κ1) is 15.3. The molecule has 0 spiro atoms. The smallest absolute Gasteiger partial charge is 0.0645 e. The first-order valence-corrected chi connectivity index (χ1v) is 7.91. The van der Waals surface area contributed by atoms with Crippen molar-refractivity contribution in [2.24, 2.45) is 0 Å². The molecule has 1 N–H and O–H groups in total. The van der Waals surface area contributed by atoms with E-state index in [-0.39, 0.29) is 0 Å². The Morgan fingerprint density at radius 2 is 2.15 bits per heavy atom. The summed E-state index contributed by atoms with van der Waals surface area (Å²) >= 11 is 0. The molecule has 0 fully saturated rings. The SMILES string of the molecule is CCCNC1CCN(CCOC(C)C)c2ccccc21. The normalized spacial score (nSPS) is 18.4. The lowest BCUT2D eigenvalue weighted by atomic mass is 9.96. The molecule has 1 aliphatic heterocycles. The summed E-state index contributed by atoms with van der Waals surface area (Å²) in [5.74, 6) is 0. The molecule has 3 nitrogen and oxygen atoms in total. The highest BCUT2D eigenvalue weighted by molar-refractivity contribution is 5.57. The standard InChI is InChI=1S/C17H28N2O/c1-4-10-18-16-9-11-19(12-13-20-14(2)3)17-8-6-5-7-15(16)17/h5-8,14,16,18H,4,9-13H2,1-3H3. The van der Waals surface area contributed by atoms with Gasteiger partial charge in [-0.2, -0.15) is 0 Å². The van der Waals surface area contributed by atoms with Crippen LogP contribution < -0.4 is 10.2 Å². The van der Waals surface area contributed by atoms with Gasteiger partial charge in [-0.15, -0.1) is 0 Å². The topological polar surface area (TPSA) is 24.5 Å². The van der Waals surface area contributed by atoms with Gasteiger partial charge in [0, 0.05) is 24.8 Å². The second kappa shape index (κ2) is 7.65. The molecule has 112 valence electrons. The lowest BCUT2D eigenvalue weighted by Crippen LogP contribution is -2.38. The summed E-state index contributed by atoms with van der Waals surface area (Å²) in [5.41, 5.74) is 2.82. The Labute approximate surface area is 123 Å². The number of para-hydroxylation sites is 1. The van der Waals surface area contributed by atoms with E-state index in [9.17, 15) is 0 Å². The predicted octanol–water partition coefficient (Wildman–Crippen LogP) is 3.36. The molecule has 1 atom stereocenters. The van der Waals surface area contributed by atoms with Crippen molar-refractivity contribution in [3.63, 3.8) is 0 Å². The molecule has 0 amide bonds. The van der Waals surface area contributed by atoms with Crippen LogP contribution in [0.15, 0.2) is 24.3 Å². The molecule has 1 aromatic carbocycles. The molecular weight excluding hydrogens is 248 g/mol. The van der Waals surface area contributed by atoms with Gasteiger partial charge in [-0.3, -0.25) is 0 Å². The Morgan fingerprint density at radius 1 is 1.35 bits per heavy atom.